The number of rotatable bonds is 3. The number of fused-ring (bicyclic) bond motifs is 1. The SMILES string of the molecule is CNC(C(=O)O)C1Oc2ccccc2NC1=O. The largest absolute Gasteiger partial charge is 0.480 e. The lowest BCUT2D eigenvalue weighted by Crippen LogP contribution is -2.54. The summed E-state index contributed by atoms with van der Waals surface area (Å²) in [5.41, 5.74) is 0.550. The molecular weight excluding hydrogens is 224 g/mol. The predicted octanol–water partition coefficient (Wildman–Crippen LogP) is 0.0587. The lowest BCUT2D eigenvalue weighted by atomic mass is 10.1. The second-order valence-electron chi connectivity index (χ2n) is 3.63. The van der Waals surface area contributed by atoms with Crippen molar-refractivity contribution in [2.75, 3.05) is 12.4 Å². The molecule has 3 N–H and O–H groups in total. The average Bonchev–Trinajstić information content (AvgIpc) is 2.30. The van der Waals surface area contributed by atoms with Gasteiger partial charge in [-0.2, -0.15) is 0 Å². The summed E-state index contributed by atoms with van der Waals surface area (Å²) in [5.74, 6) is -1.13. The minimum Gasteiger partial charge on any atom is -0.480 e. The number of ether oxygens (including phenoxy) is 1. The van der Waals surface area contributed by atoms with Crippen LogP contribution in [-0.4, -0.2) is 36.2 Å². The number of para-hydroxylation sites is 2. The van der Waals surface area contributed by atoms with E-state index < -0.39 is 24.0 Å². The van der Waals surface area contributed by atoms with Gasteiger partial charge in [-0.1, -0.05) is 12.1 Å². The number of likely N-dealkylation sites (N-methyl/N-ethyl adjacent to an activating group) is 1. The van der Waals surface area contributed by atoms with Crippen LogP contribution >= 0.6 is 0 Å². The van der Waals surface area contributed by atoms with Gasteiger partial charge in [-0.05, 0) is 19.2 Å². The number of carboxylic acids is 1. The molecule has 6 nitrogen and oxygen atoms in total. The molecule has 1 aromatic rings. The Kier molecular flexibility index (Phi) is 2.97. The van der Waals surface area contributed by atoms with Gasteiger partial charge in [0.15, 0.2) is 6.04 Å². The van der Waals surface area contributed by atoms with E-state index in [1.165, 1.54) is 7.05 Å². The summed E-state index contributed by atoms with van der Waals surface area (Å²) in [7, 11) is 1.47. The first kappa shape index (κ1) is 11.4. The molecule has 0 fully saturated rings. The molecule has 17 heavy (non-hydrogen) atoms. The fraction of sp³-hybridized carbons (Fsp3) is 0.273. The minimum atomic E-state index is -1.13. The first-order valence-electron chi connectivity index (χ1n) is 5.10. The molecule has 1 aromatic carbocycles. The van der Waals surface area contributed by atoms with Crippen LogP contribution in [0.5, 0.6) is 5.75 Å². The number of carboxylic acid groups (broad SMARTS) is 1. The van der Waals surface area contributed by atoms with Gasteiger partial charge >= 0.3 is 5.97 Å². The Morgan fingerprint density at radius 1 is 1.53 bits per heavy atom. The highest BCUT2D eigenvalue weighted by Gasteiger charge is 2.38. The predicted molar refractivity (Wildman–Crippen MR) is 60.0 cm³/mol. The van der Waals surface area contributed by atoms with E-state index in [0.717, 1.165) is 0 Å². The molecule has 90 valence electrons. The van der Waals surface area contributed by atoms with Crippen molar-refractivity contribution in [3.8, 4) is 5.75 Å². The third-order valence-electron chi connectivity index (χ3n) is 2.54. The van der Waals surface area contributed by atoms with Crippen molar-refractivity contribution in [2.24, 2.45) is 0 Å². The molecule has 0 bridgehead atoms. The smallest absolute Gasteiger partial charge is 0.325 e. The maximum atomic E-state index is 11.7. The number of carbonyl (C=O) groups is 2. The highest BCUT2D eigenvalue weighted by Crippen LogP contribution is 2.29. The van der Waals surface area contributed by atoms with Crippen LogP contribution in [0.3, 0.4) is 0 Å². The molecule has 2 rings (SSSR count). The number of hydrogen-bond acceptors (Lipinski definition) is 4. The van der Waals surface area contributed by atoms with Gasteiger partial charge in [0.2, 0.25) is 6.10 Å². The van der Waals surface area contributed by atoms with Gasteiger partial charge in [0, 0.05) is 0 Å². The maximum absolute atomic E-state index is 11.7. The zero-order valence-electron chi connectivity index (χ0n) is 9.14. The average molecular weight is 236 g/mol. The van der Waals surface area contributed by atoms with Crippen LogP contribution in [-0.2, 0) is 9.59 Å². The van der Waals surface area contributed by atoms with E-state index in [0.29, 0.717) is 11.4 Å². The number of nitrogens with one attached hydrogen (secondary N) is 2. The van der Waals surface area contributed by atoms with E-state index in [2.05, 4.69) is 10.6 Å². The number of benzene rings is 1. The van der Waals surface area contributed by atoms with E-state index in [4.69, 9.17) is 9.84 Å². The fourth-order valence-electron chi connectivity index (χ4n) is 1.69. The fourth-order valence-corrected chi connectivity index (χ4v) is 1.69. The van der Waals surface area contributed by atoms with Crippen LogP contribution in [0.15, 0.2) is 24.3 Å². The standard InChI is InChI=1S/C11H12N2O4/c1-12-8(11(15)16)9-10(14)13-6-4-2-3-5-7(6)17-9/h2-5,8-9,12H,1H3,(H,13,14)(H,15,16). The summed E-state index contributed by atoms with van der Waals surface area (Å²) in [6.45, 7) is 0. The summed E-state index contributed by atoms with van der Waals surface area (Å²) in [6, 6.07) is 5.80. The van der Waals surface area contributed by atoms with Crippen molar-refractivity contribution in [1.82, 2.24) is 5.32 Å². The first-order chi connectivity index (χ1) is 8.13. The summed E-state index contributed by atoms with van der Waals surface area (Å²) in [5, 5.41) is 14.1. The molecule has 1 aliphatic rings. The van der Waals surface area contributed by atoms with Crippen molar-refractivity contribution in [3.05, 3.63) is 24.3 Å². The zero-order valence-corrected chi connectivity index (χ0v) is 9.14. The molecule has 0 aromatic heterocycles. The quantitative estimate of drug-likeness (QED) is 0.690. The van der Waals surface area contributed by atoms with Gasteiger partial charge in [0.1, 0.15) is 5.75 Å². The number of aliphatic carboxylic acids is 1. The molecule has 0 aliphatic carbocycles. The van der Waals surface area contributed by atoms with Crippen LogP contribution in [0.4, 0.5) is 5.69 Å². The summed E-state index contributed by atoms with van der Waals surface area (Å²) < 4.78 is 5.40. The Hall–Kier alpha value is -2.08. The van der Waals surface area contributed by atoms with Crippen molar-refractivity contribution in [3.63, 3.8) is 0 Å². The molecule has 2 atom stereocenters. The lowest BCUT2D eigenvalue weighted by Gasteiger charge is -2.29. The topological polar surface area (TPSA) is 87.7 Å². The molecular formula is C11H12N2O4. The van der Waals surface area contributed by atoms with Gasteiger partial charge in [-0.3, -0.25) is 9.59 Å². The minimum absolute atomic E-state index is 0.467. The molecule has 1 heterocycles. The second kappa shape index (κ2) is 4.42. The molecule has 0 spiro atoms. The number of anilines is 1. The van der Waals surface area contributed by atoms with Gasteiger partial charge < -0.3 is 20.5 Å². The summed E-state index contributed by atoms with van der Waals surface area (Å²) in [4.78, 5) is 22.7. The molecule has 0 saturated carbocycles. The Balaban J connectivity index is 2.28. The van der Waals surface area contributed by atoms with E-state index in [1.54, 1.807) is 24.3 Å². The lowest BCUT2D eigenvalue weighted by molar-refractivity contribution is -0.145. The Morgan fingerprint density at radius 2 is 2.24 bits per heavy atom. The molecule has 6 heteroatoms. The number of carbonyl (C=O) groups excluding carboxylic acids is 1. The molecule has 1 amide bonds. The monoisotopic (exact) mass is 236 g/mol. The molecule has 2 unspecified atom stereocenters. The van der Waals surface area contributed by atoms with Crippen LogP contribution in [0.2, 0.25) is 0 Å². The van der Waals surface area contributed by atoms with Gasteiger partial charge in [0.05, 0.1) is 5.69 Å². The van der Waals surface area contributed by atoms with Gasteiger partial charge in [-0.15, -0.1) is 0 Å². The van der Waals surface area contributed by atoms with Crippen LogP contribution in [0.1, 0.15) is 0 Å². The van der Waals surface area contributed by atoms with E-state index in [-0.39, 0.29) is 0 Å². The summed E-state index contributed by atoms with van der Waals surface area (Å²) >= 11 is 0. The second-order valence-corrected chi connectivity index (χ2v) is 3.63. The van der Waals surface area contributed by atoms with Crippen molar-refractivity contribution in [2.45, 2.75) is 12.1 Å². The van der Waals surface area contributed by atoms with Crippen LogP contribution in [0, 0.1) is 0 Å². The van der Waals surface area contributed by atoms with Gasteiger partial charge in [0.25, 0.3) is 5.91 Å². The zero-order chi connectivity index (χ0) is 12.4. The molecule has 1 aliphatic heterocycles. The van der Waals surface area contributed by atoms with Crippen molar-refractivity contribution >= 4 is 17.6 Å². The van der Waals surface area contributed by atoms with E-state index >= 15 is 0 Å². The highest BCUT2D eigenvalue weighted by atomic mass is 16.5. The Bertz CT molecular complexity index is 461. The van der Waals surface area contributed by atoms with E-state index in [9.17, 15) is 9.59 Å². The van der Waals surface area contributed by atoms with Gasteiger partial charge in [-0.25, -0.2) is 0 Å². The summed E-state index contributed by atoms with van der Waals surface area (Å²) in [6.07, 6.45) is -1.08. The normalized spacial score (nSPS) is 19.8. The van der Waals surface area contributed by atoms with Crippen LogP contribution < -0.4 is 15.4 Å². The molecule has 0 saturated heterocycles. The third kappa shape index (κ3) is 2.07. The first-order valence-corrected chi connectivity index (χ1v) is 5.10. The molecule has 0 radical (unpaired) electrons. The third-order valence-corrected chi connectivity index (χ3v) is 2.54. The number of amides is 1. The highest BCUT2D eigenvalue weighted by molar-refractivity contribution is 6.00. The number of hydrogen-bond donors (Lipinski definition) is 3. The maximum Gasteiger partial charge on any atom is 0.325 e. The Labute approximate surface area is 97.6 Å². The Morgan fingerprint density at radius 3 is 2.88 bits per heavy atom. The van der Waals surface area contributed by atoms with Crippen molar-refractivity contribution in [1.29, 1.82) is 0 Å². The van der Waals surface area contributed by atoms with Crippen LogP contribution in [0.25, 0.3) is 0 Å². The van der Waals surface area contributed by atoms with Crippen molar-refractivity contribution < 1.29 is 19.4 Å². The van der Waals surface area contributed by atoms with E-state index in [1.807, 2.05) is 0 Å².